The highest BCUT2D eigenvalue weighted by Crippen LogP contribution is 2.20. The number of urea groups is 1. The Kier molecular flexibility index (Phi) is 5.79. The molecule has 0 saturated carbocycles. The Morgan fingerprint density at radius 1 is 1.00 bits per heavy atom. The summed E-state index contributed by atoms with van der Waals surface area (Å²) in [6.07, 6.45) is 5.19. The summed E-state index contributed by atoms with van der Waals surface area (Å²) in [5.41, 5.74) is 7.69. The molecule has 2 aliphatic rings. The van der Waals surface area contributed by atoms with Gasteiger partial charge in [0.15, 0.2) is 0 Å². The maximum Gasteiger partial charge on any atom is 0.317 e. The molecule has 1 aromatic rings. The van der Waals surface area contributed by atoms with Crippen molar-refractivity contribution in [3.63, 3.8) is 0 Å². The first-order valence-corrected chi connectivity index (χ1v) is 9.29. The lowest BCUT2D eigenvalue weighted by Gasteiger charge is -2.30. The fraction of sp³-hybridized carbons (Fsp3) is 0.579. The summed E-state index contributed by atoms with van der Waals surface area (Å²) in [5, 5.41) is 2.97. The standard InChI is InChI=1S/C19H28N4O2/c20-18(24)16-8-12-23(13-9-16)19(25)21-14-15-4-6-17(7-5-15)22-10-2-1-3-11-22/h4-7,16H,1-3,8-14H2,(H2,20,24)(H,21,25). The van der Waals surface area contributed by atoms with Crippen LogP contribution in [0.3, 0.4) is 0 Å². The summed E-state index contributed by atoms with van der Waals surface area (Å²) in [6.45, 7) is 3.98. The van der Waals surface area contributed by atoms with Gasteiger partial charge < -0.3 is 20.9 Å². The van der Waals surface area contributed by atoms with Crippen LogP contribution in [0.1, 0.15) is 37.7 Å². The van der Waals surface area contributed by atoms with Crippen LogP contribution in [-0.4, -0.2) is 43.0 Å². The van der Waals surface area contributed by atoms with Gasteiger partial charge in [0.25, 0.3) is 0 Å². The van der Waals surface area contributed by atoms with Crippen LogP contribution in [0.15, 0.2) is 24.3 Å². The molecule has 6 nitrogen and oxygen atoms in total. The van der Waals surface area contributed by atoms with Crippen molar-refractivity contribution in [2.24, 2.45) is 11.7 Å². The number of rotatable bonds is 4. The van der Waals surface area contributed by atoms with E-state index >= 15 is 0 Å². The summed E-state index contributed by atoms with van der Waals surface area (Å²) < 4.78 is 0. The van der Waals surface area contributed by atoms with Crippen LogP contribution in [-0.2, 0) is 11.3 Å². The minimum atomic E-state index is -0.256. The lowest BCUT2D eigenvalue weighted by molar-refractivity contribution is -0.123. The Bertz CT molecular complexity index is 588. The van der Waals surface area contributed by atoms with E-state index in [0.29, 0.717) is 32.5 Å². The van der Waals surface area contributed by atoms with Gasteiger partial charge in [0.1, 0.15) is 0 Å². The number of nitrogens with one attached hydrogen (secondary N) is 1. The van der Waals surface area contributed by atoms with Crippen LogP contribution in [0, 0.1) is 5.92 Å². The Labute approximate surface area is 149 Å². The second kappa shape index (κ2) is 8.23. The SMILES string of the molecule is NC(=O)C1CCN(C(=O)NCc2ccc(N3CCCCC3)cc2)CC1. The summed E-state index contributed by atoms with van der Waals surface area (Å²) >= 11 is 0. The molecule has 0 bridgehead atoms. The minimum absolute atomic E-state index is 0.0666. The van der Waals surface area contributed by atoms with E-state index in [1.807, 2.05) is 0 Å². The van der Waals surface area contributed by atoms with Crippen molar-refractivity contribution >= 4 is 17.6 Å². The molecule has 3 rings (SSSR count). The number of piperidine rings is 2. The molecule has 2 heterocycles. The molecule has 0 unspecified atom stereocenters. The molecule has 136 valence electrons. The molecule has 0 radical (unpaired) electrons. The van der Waals surface area contributed by atoms with Crippen LogP contribution < -0.4 is 16.0 Å². The van der Waals surface area contributed by atoms with Crippen molar-refractivity contribution < 1.29 is 9.59 Å². The maximum atomic E-state index is 12.3. The third-order valence-electron chi connectivity index (χ3n) is 5.29. The Morgan fingerprint density at radius 3 is 2.24 bits per heavy atom. The fourth-order valence-electron chi connectivity index (χ4n) is 3.63. The Hall–Kier alpha value is -2.24. The molecule has 2 aliphatic heterocycles. The zero-order chi connectivity index (χ0) is 17.6. The molecule has 25 heavy (non-hydrogen) atoms. The van der Waals surface area contributed by atoms with Crippen LogP contribution in [0.2, 0.25) is 0 Å². The first kappa shape index (κ1) is 17.6. The van der Waals surface area contributed by atoms with Gasteiger partial charge in [-0.2, -0.15) is 0 Å². The number of primary amides is 1. The average Bonchev–Trinajstić information content (AvgIpc) is 2.67. The van der Waals surface area contributed by atoms with Crippen LogP contribution in [0.4, 0.5) is 10.5 Å². The molecule has 2 fully saturated rings. The molecule has 3 N–H and O–H groups in total. The second-order valence-corrected chi connectivity index (χ2v) is 7.04. The monoisotopic (exact) mass is 344 g/mol. The lowest BCUT2D eigenvalue weighted by atomic mass is 9.96. The average molecular weight is 344 g/mol. The molecular weight excluding hydrogens is 316 g/mol. The van der Waals surface area contributed by atoms with Gasteiger partial charge in [0.05, 0.1) is 0 Å². The number of benzene rings is 1. The van der Waals surface area contributed by atoms with E-state index in [4.69, 9.17) is 5.73 Å². The molecule has 2 saturated heterocycles. The number of hydrogen-bond donors (Lipinski definition) is 2. The van der Waals surface area contributed by atoms with Crippen molar-refractivity contribution in [3.8, 4) is 0 Å². The van der Waals surface area contributed by atoms with E-state index in [-0.39, 0.29) is 17.9 Å². The van der Waals surface area contributed by atoms with E-state index in [1.54, 1.807) is 4.90 Å². The van der Waals surface area contributed by atoms with Gasteiger partial charge in [0.2, 0.25) is 5.91 Å². The van der Waals surface area contributed by atoms with Gasteiger partial charge in [-0.15, -0.1) is 0 Å². The molecule has 0 aliphatic carbocycles. The molecule has 1 aromatic carbocycles. The Balaban J connectivity index is 1.45. The number of carbonyl (C=O) groups excluding carboxylic acids is 2. The Morgan fingerprint density at radius 2 is 1.64 bits per heavy atom. The number of carbonyl (C=O) groups is 2. The van der Waals surface area contributed by atoms with Crippen LogP contribution in [0.25, 0.3) is 0 Å². The van der Waals surface area contributed by atoms with Crippen LogP contribution >= 0.6 is 0 Å². The third-order valence-corrected chi connectivity index (χ3v) is 5.29. The van der Waals surface area contributed by atoms with Gasteiger partial charge >= 0.3 is 6.03 Å². The van der Waals surface area contributed by atoms with Crippen molar-refractivity contribution in [1.82, 2.24) is 10.2 Å². The van der Waals surface area contributed by atoms with Gasteiger partial charge in [-0.05, 0) is 49.8 Å². The molecule has 0 spiro atoms. The van der Waals surface area contributed by atoms with Crippen molar-refractivity contribution in [3.05, 3.63) is 29.8 Å². The van der Waals surface area contributed by atoms with E-state index in [0.717, 1.165) is 18.7 Å². The first-order valence-electron chi connectivity index (χ1n) is 9.29. The van der Waals surface area contributed by atoms with Gasteiger partial charge in [-0.1, -0.05) is 12.1 Å². The number of anilines is 1. The highest BCUT2D eigenvalue weighted by atomic mass is 16.2. The van der Waals surface area contributed by atoms with Crippen molar-refractivity contribution in [2.45, 2.75) is 38.6 Å². The maximum absolute atomic E-state index is 12.3. The largest absolute Gasteiger partial charge is 0.372 e. The van der Waals surface area contributed by atoms with Crippen molar-refractivity contribution in [2.75, 3.05) is 31.1 Å². The molecular formula is C19H28N4O2. The van der Waals surface area contributed by atoms with Gasteiger partial charge in [0, 0.05) is 44.3 Å². The fourth-order valence-corrected chi connectivity index (χ4v) is 3.63. The number of nitrogens with two attached hydrogens (primary N) is 1. The number of likely N-dealkylation sites (tertiary alicyclic amines) is 1. The highest BCUT2D eigenvalue weighted by molar-refractivity contribution is 5.78. The summed E-state index contributed by atoms with van der Waals surface area (Å²) in [5.74, 6) is -0.347. The predicted octanol–water partition coefficient (Wildman–Crippen LogP) is 2.08. The van der Waals surface area contributed by atoms with Crippen molar-refractivity contribution in [1.29, 1.82) is 0 Å². The molecule has 3 amide bonds. The van der Waals surface area contributed by atoms with E-state index < -0.39 is 0 Å². The third kappa shape index (κ3) is 4.65. The normalized spacial score (nSPS) is 18.9. The summed E-state index contributed by atoms with van der Waals surface area (Å²) in [4.78, 5) is 27.6. The van der Waals surface area contributed by atoms with E-state index in [9.17, 15) is 9.59 Å². The zero-order valence-electron chi connectivity index (χ0n) is 14.7. The quantitative estimate of drug-likeness (QED) is 0.878. The smallest absolute Gasteiger partial charge is 0.317 e. The highest BCUT2D eigenvalue weighted by Gasteiger charge is 2.25. The summed E-state index contributed by atoms with van der Waals surface area (Å²) in [7, 11) is 0. The minimum Gasteiger partial charge on any atom is -0.372 e. The topological polar surface area (TPSA) is 78.7 Å². The molecule has 0 aromatic heterocycles. The first-order chi connectivity index (χ1) is 12.1. The summed E-state index contributed by atoms with van der Waals surface area (Å²) in [6, 6.07) is 8.40. The predicted molar refractivity (Wildman–Crippen MR) is 98.2 cm³/mol. The van der Waals surface area contributed by atoms with E-state index in [2.05, 4.69) is 34.5 Å². The lowest BCUT2D eigenvalue weighted by Crippen LogP contribution is -2.46. The van der Waals surface area contributed by atoms with Gasteiger partial charge in [-0.3, -0.25) is 4.79 Å². The van der Waals surface area contributed by atoms with E-state index in [1.165, 1.54) is 24.9 Å². The second-order valence-electron chi connectivity index (χ2n) is 7.04. The van der Waals surface area contributed by atoms with Crippen LogP contribution in [0.5, 0.6) is 0 Å². The van der Waals surface area contributed by atoms with Gasteiger partial charge in [-0.25, -0.2) is 4.79 Å². The number of nitrogens with zero attached hydrogens (tertiary/aromatic N) is 2. The molecule has 0 atom stereocenters. The number of amides is 3. The zero-order valence-corrected chi connectivity index (χ0v) is 14.7. The number of hydrogen-bond acceptors (Lipinski definition) is 3. The molecule has 6 heteroatoms.